The molecule has 3 heteroatoms. The van der Waals surface area contributed by atoms with E-state index >= 15 is 0 Å². The van der Waals surface area contributed by atoms with Crippen molar-refractivity contribution in [2.24, 2.45) is 7.05 Å². The van der Waals surface area contributed by atoms with Gasteiger partial charge in [-0.15, -0.1) is 0 Å². The lowest BCUT2D eigenvalue weighted by Gasteiger charge is -2.23. The zero-order chi connectivity index (χ0) is 27.0. The fraction of sp³-hybridized carbons (Fsp3) is 0.308. The van der Waals surface area contributed by atoms with Crippen LogP contribution in [0.4, 0.5) is 0 Å². The number of fused-ring (bicyclic) bond motifs is 3. The number of hydrogen-bond acceptors (Lipinski definition) is 1. The van der Waals surface area contributed by atoms with Crippen molar-refractivity contribution in [3.05, 3.63) is 64.8 Å². The van der Waals surface area contributed by atoms with Gasteiger partial charge in [0.15, 0.2) is 5.69 Å². The Morgan fingerprint density at radius 3 is 2.52 bits per heavy atom. The summed E-state index contributed by atoms with van der Waals surface area (Å²) in [6.07, 6.45) is 0. The summed E-state index contributed by atoms with van der Waals surface area (Å²) in [5.74, 6) is -2.78. The maximum absolute atomic E-state index is 9.48. The molecule has 2 aromatic carbocycles. The second-order valence-corrected chi connectivity index (χ2v) is 12.7. The molecule has 0 amide bonds. The quantitative estimate of drug-likeness (QED) is 0.453. The van der Waals surface area contributed by atoms with E-state index in [-0.39, 0.29) is 5.56 Å². The average Bonchev–Trinajstić information content (AvgIpc) is 3.00. The normalized spacial score (nSPS) is 18.7. The first-order valence-electron chi connectivity index (χ1n) is 13.2. The summed E-state index contributed by atoms with van der Waals surface area (Å²) in [4.78, 5) is 0. The summed E-state index contributed by atoms with van der Waals surface area (Å²) in [6.45, 7) is 2.17. The lowest BCUT2D eigenvalue weighted by molar-refractivity contribution is -0.666. The van der Waals surface area contributed by atoms with Crippen LogP contribution in [-0.2, 0) is 7.05 Å². The predicted molar refractivity (Wildman–Crippen MR) is 124 cm³/mol. The van der Waals surface area contributed by atoms with Crippen molar-refractivity contribution < 1.29 is 14.2 Å². The van der Waals surface area contributed by atoms with Gasteiger partial charge in [-0.05, 0) is 57.6 Å². The van der Waals surface area contributed by atoms with Gasteiger partial charge in [0.2, 0.25) is 5.69 Å². The fourth-order valence-corrected chi connectivity index (χ4v) is 8.10. The highest BCUT2D eigenvalue weighted by molar-refractivity contribution is 7.04. The molecule has 4 rings (SSSR count). The Labute approximate surface area is 185 Å². The molecular weight excluding hydrogens is 368 g/mol. The molecule has 0 N–H and O–H groups in total. The first-order valence-corrected chi connectivity index (χ1v) is 12.7. The van der Waals surface area contributed by atoms with E-state index in [1.807, 2.05) is 42.8 Å². The molecule has 0 unspecified atom stereocenters. The molecular formula is C26H29N2Si+. The highest BCUT2D eigenvalue weighted by Gasteiger charge is 2.41. The summed E-state index contributed by atoms with van der Waals surface area (Å²) in [6, 6.07) is 15.2. The number of nitriles is 1. The predicted octanol–water partition coefficient (Wildman–Crippen LogP) is 4.59. The summed E-state index contributed by atoms with van der Waals surface area (Å²) in [5, 5.41) is 11.9. The third-order valence-electron chi connectivity index (χ3n) is 6.24. The highest BCUT2D eigenvalue weighted by Crippen LogP contribution is 2.35. The van der Waals surface area contributed by atoms with Crippen molar-refractivity contribution >= 4 is 18.4 Å². The Bertz CT molecular complexity index is 1430. The molecule has 0 radical (unpaired) electrons. The van der Waals surface area contributed by atoms with Gasteiger partial charge in [0.05, 0.1) is 11.6 Å². The molecule has 0 fully saturated rings. The third kappa shape index (κ3) is 2.86. The number of aromatic nitrogens is 1. The Morgan fingerprint density at radius 1 is 1.07 bits per heavy atom. The van der Waals surface area contributed by atoms with Crippen LogP contribution in [0.15, 0.2) is 42.5 Å². The molecule has 3 aromatic rings. The Morgan fingerprint density at radius 2 is 1.83 bits per heavy atom. The molecule has 1 aromatic heterocycles. The molecule has 0 spiro atoms. The zero-order valence-corrected chi connectivity index (χ0v) is 18.4. The van der Waals surface area contributed by atoms with Crippen molar-refractivity contribution in [3.63, 3.8) is 0 Å². The minimum absolute atomic E-state index is 0.0492. The zero-order valence-electron chi connectivity index (χ0n) is 24.4. The second-order valence-electron chi connectivity index (χ2n) is 8.38. The van der Waals surface area contributed by atoms with Crippen LogP contribution in [0.3, 0.4) is 0 Å². The Balaban J connectivity index is 2.10. The van der Waals surface area contributed by atoms with Gasteiger partial charge >= 0.3 is 0 Å². The fourth-order valence-electron chi connectivity index (χ4n) is 4.61. The minimum atomic E-state index is -3.06. The molecule has 0 atom stereocenters. The highest BCUT2D eigenvalue weighted by atomic mass is 28.3. The molecule has 0 saturated heterocycles. The molecule has 29 heavy (non-hydrogen) atoms. The van der Waals surface area contributed by atoms with Crippen molar-refractivity contribution in [3.8, 4) is 28.5 Å². The van der Waals surface area contributed by atoms with Crippen LogP contribution in [0, 0.1) is 25.2 Å². The molecule has 146 valence electrons. The molecule has 2 nitrogen and oxygen atoms in total. The van der Waals surface area contributed by atoms with Crippen molar-refractivity contribution in [2.75, 3.05) is 0 Å². The first kappa shape index (κ1) is 12.8. The van der Waals surface area contributed by atoms with Gasteiger partial charge in [0, 0.05) is 34.2 Å². The number of benzene rings is 2. The summed E-state index contributed by atoms with van der Waals surface area (Å²) in [5.41, 5.74) is 5.88. The van der Waals surface area contributed by atoms with Gasteiger partial charge in [0.25, 0.3) is 0 Å². The maximum Gasteiger partial charge on any atom is 0.212 e. The van der Waals surface area contributed by atoms with Crippen LogP contribution in [0.5, 0.6) is 0 Å². The Kier molecular flexibility index (Phi) is 2.94. The van der Waals surface area contributed by atoms with Crippen molar-refractivity contribution in [2.45, 2.75) is 46.5 Å². The molecule has 0 aliphatic carbocycles. The lowest BCUT2D eigenvalue weighted by atomic mass is 9.94. The van der Waals surface area contributed by atoms with E-state index in [2.05, 4.69) is 25.2 Å². The van der Waals surface area contributed by atoms with E-state index in [0.29, 0.717) is 17.0 Å². The molecule has 0 saturated carbocycles. The van der Waals surface area contributed by atoms with Gasteiger partial charge in [-0.3, -0.25) is 0 Å². The molecule has 1 aliphatic rings. The van der Waals surface area contributed by atoms with E-state index in [4.69, 9.17) is 9.60 Å². The minimum Gasteiger partial charge on any atom is -0.199 e. The van der Waals surface area contributed by atoms with Gasteiger partial charge in [-0.2, -0.15) is 9.83 Å². The van der Waals surface area contributed by atoms with Gasteiger partial charge in [-0.1, -0.05) is 45.0 Å². The topological polar surface area (TPSA) is 27.7 Å². The molecule has 2 heterocycles. The SMILES string of the molecule is [2H]C([2H])([2H])C([2H])(c1cc(C)[n+](C)c(-c2c(C)ccc3c2[Si](C)(C)c2ccc(C#N)cc2-3)c1)C([2H])([2H])[2H]. The van der Waals surface area contributed by atoms with Crippen LogP contribution >= 0.6 is 0 Å². The number of pyridine rings is 1. The van der Waals surface area contributed by atoms with Crippen LogP contribution < -0.4 is 14.9 Å². The summed E-state index contributed by atoms with van der Waals surface area (Å²) < 4.78 is 58.7. The van der Waals surface area contributed by atoms with Gasteiger partial charge in [0.1, 0.15) is 15.1 Å². The van der Waals surface area contributed by atoms with Crippen LogP contribution in [-0.4, -0.2) is 8.07 Å². The van der Waals surface area contributed by atoms with Crippen LogP contribution in [0.2, 0.25) is 13.1 Å². The summed E-state index contributed by atoms with van der Waals surface area (Å²) in [7, 11) is -0.376. The van der Waals surface area contributed by atoms with E-state index < -0.39 is 27.7 Å². The van der Waals surface area contributed by atoms with Crippen LogP contribution in [0.25, 0.3) is 22.4 Å². The van der Waals surface area contributed by atoms with Gasteiger partial charge in [-0.25, -0.2) is 0 Å². The lowest BCUT2D eigenvalue weighted by Crippen LogP contribution is -2.51. The second kappa shape index (κ2) is 6.68. The summed E-state index contributed by atoms with van der Waals surface area (Å²) >= 11 is 0. The maximum atomic E-state index is 9.48. The number of hydrogen-bond donors (Lipinski definition) is 0. The number of aryl methyl sites for hydroxylation is 2. The van der Waals surface area contributed by atoms with Crippen LogP contribution in [0.1, 0.15) is 51.6 Å². The van der Waals surface area contributed by atoms with E-state index in [9.17, 15) is 5.26 Å². The largest absolute Gasteiger partial charge is 0.212 e. The molecule has 1 aliphatic heterocycles. The molecule has 0 bridgehead atoms. The van der Waals surface area contributed by atoms with E-state index in [0.717, 1.165) is 27.4 Å². The van der Waals surface area contributed by atoms with Crippen molar-refractivity contribution in [1.82, 2.24) is 0 Å². The monoisotopic (exact) mass is 404 g/mol. The first-order chi connectivity index (χ1) is 16.5. The van der Waals surface area contributed by atoms with Crippen molar-refractivity contribution in [1.29, 1.82) is 5.26 Å². The third-order valence-corrected chi connectivity index (χ3v) is 9.79. The van der Waals surface area contributed by atoms with E-state index in [1.165, 1.54) is 11.3 Å². The van der Waals surface area contributed by atoms with Gasteiger partial charge < -0.3 is 0 Å². The van der Waals surface area contributed by atoms with E-state index in [1.54, 1.807) is 13.0 Å². The number of nitrogens with zero attached hydrogens (tertiary/aromatic N) is 2. The standard InChI is InChI=1S/C26H29N2Si/c1-16(2)20-12-18(4)28(5)23(14-20)25-17(3)8-10-21-22-13-19(15-27)9-11-24(22)29(6,7)26(21)25/h8-14,16H,1-7H3/q+1/i1D3,2D3,16D. The number of rotatable bonds is 2. The average molecular weight is 405 g/mol. The smallest absolute Gasteiger partial charge is 0.199 e. The Hall–Kier alpha value is -2.70.